The third kappa shape index (κ3) is 4.92. The van der Waals surface area contributed by atoms with Crippen LogP contribution in [-0.2, 0) is 4.79 Å². The Balaban J connectivity index is 1.67. The van der Waals surface area contributed by atoms with Gasteiger partial charge in [-0.05, 0) is 52.1 Å². The van der Waals surface area contributed by atoms with Crippen LogP contribution in [0, 0.1) is 12.8 Å². The Morgan fingerprint density at radius 1 is 1.35 bits per heavy atom. The van der Waals surface area contributed by atoms with E-state index in [1.54, 1.807) is 0 Å². The van der Waals surface area contributed by atoms with E-state index < -0.39 is 0 Å². The molecular weight excluding hydrogens is 330 g/mol. The average Bonchev–Trinajstić information content (AvgIpc) is 2.68. The molecular formula is C19H31N5O2. The van der Waals surface area contributed by atoms with Crippen LogP contribution in [0.2, 0.25) is 0 Å². The molecule has 1 aromatic rings. The molecule has 7 nitrogen and oxygen atoms in total. The molecule has 0 saturated carbocycles. The number of aromatic nitrogens is 2. The number of aryl methyl sites for hydroxylation is 1. The topological polar surface area (TPSA) is 90.4 Å². The Hall–Kier alpha value is -1.73. The molecule has 2 fully saturated rings. The lowest BCUT2D eigenvalue weighted by Gasteiger charge is -2.33. The first-order chi connectivity index (χ1) is 12.7. The summed E-state index contributed by atoms with van der Waals surface area (Å²) in [4.78, 5) is 24.0. The van der Waals surface area contributed by atoms with Gasteiger partial charge < -0.3 is 20.6 Å². The fourth-order valence-electron chi connectivity index (χ4n) is 3.90. The van der Waals surface area contributed by atoms with E-state index in [9.17, 15) is 4.79 Å². The molecule has 3 rings (SSSR count). The Labute approximate surface area is 155 Å². The maximum Gasteiger partial charge on any atom is 0.224 e. The van der Waals surface area contributed by atoms with Gasteiger partial charge in [0.15, 0.2) is 0 Å². The molecule has 0 bridgehead atoms. The van der Waals surface area contributed by atoms with Gasteiger partial charge in [-0.25, -0.2) is 9.97 Å². The minimum atomic E-state index is -0.0138. The lowest BCUT2D eigenvalue weighted by Crippen LogP contribution is -2.43. The third-order valence-corrected chi connectivity index (χ3v) is 5.35. The Bertz CT molecular complexity index is 604. The molecule has 1 atom stereocenters. The van der Waals surface area contributed by atoms with Crippen molar-refractivity contribution < 1.29 is 9.90 Å². The van der Waals surface area contributed by atoms with E-state index in [0.717, 1.165) is 62.7 Å². The quantitative estimate of drug-likeness (QED) is 0.654. The minimum absolute atomic E-state index is 0.0138. The molecule has 0 aliphatic carbocycles. The summed E-state index contributed by atoms with van der Waals surface area (Å²) in [7, 11) is 0. The van der Waals surface area contributed by atoms with Crippen molar-refractivity contribution in [1.82, 2.24) is 20.6 Å². The van der Waals surface area contributed by atoms with Crippen molar-refractivity contribution in [3.8, 4) is 0 Å². The maximum atomic E-state index is 12.4. The number of amides is 1. The highest BCUT2D eigenvalue weighted by Crippen LogP contribution is 2.28. The highest BCUT2D eigenvalue weighted by atomic mass is 16.3. The molecule has 0 radical (unpaired) electrons. The summed E-state index contributed by atoms with van der Waals surface area (Å²) in [6.07, 6.45) is 4.74. The minimum Gasteiger partial charge on any atom is -0.396 e. The standard InChI is InChI=1S/C19H31N5O2/c1-14-22-17(15-5-8-20-9-6-15)12-18(23-14)24-10-2-4-16(13-24)19(26)21-7-3-11-25/h12,15-16,20,25H,2-11,13H2,1H3,(H,21,26). The van der Waals surface area contributed by atoms with E-state index in [4.69, 9.17) is 5.11 Å². The van der Waals surface area contributed by atoms with E-state index in [-0.39, 0.29) is 18.4 Å². The Morgan fingerprint density at radius 3 is 2.92 bits per heavy atom. The summed E-state index contributed by atoms with van der Waals surface area (Å²) in [5, 5.41) is 15.2. The largest absolute Gasteiger partial charge is 0.396 e. The van der Waals surface area contributed by atoms with Crippen LogP contribution in [0.4, 0.5) is 5.82 Å². The highest BCUT2D eigenvalue weighted by molar-refractivity contribution is 5.79. The summed E-state index contributed by atoms with van der Waals surface area (Å²) in [6, 6.07) is 2.13. The van der Waals surface area contributed by atoms with Crippen molar-refractivity contribution in [2.75, 3.05) is 44.2 Å². The smallest absolute Gasteiger partial charge is 0.224 e. The SMILES string of the molecule is Cc1nc(C2CCNCC2)cc(N2CCCC(C(=O)NCCCO)C2)n1. The van der Waals surface area contributed by atoms with Gasteiger partial charge >= 0.3 is 0 Å². The number of aliphatic hydroxyl groups is 1. The number of hydrogen-bond donors (Lipinski definition) is 3. The number of carbonyl (C=O) groups excluding carboxylic acids is 1. The van der Waals surface area contributed by atoms with Crippen LogP contribution in [-0.4, -0.2) is 60.3 Å². The van der Waals surface area contributed by atoms with E-state index in [1.165, 1.54) is 0 Å². The first-order valence-electron chi connectivity index (χ1n) is 9.87. The van der Waals surface area contributed by atoms with E-state index in [0.29, 0.717) is 25.4 Å². The van der Waals surface area contributed by atoms with Gasteiger partial charge in [0.05, 0.1) is 5.92 Å². The van der Waals surface area contributed by atoms with Gasteiger partial charge in [0, 0.05) is 43.9 Å². The van der Waals surface area contributed by atoms with Crippen LogP contribution >= 0.6 is 0 Å². The van der Waals surface area contributed by atoms with Gasteiger partial charge in [-0.2, -0.15) is 0 Å². The number of anilines is 1. The predicted octanol–water partition coefficient (Wildman–Crippen LogP) is 0.967. The number of aliphatic hydroxyl groups excluding tert-OH is 1. The van der Waals surface area contributed by atoms with Gasteiger partial charge in [-0.3, -0.25) is 4.79 Å². The molecule has 1 unspecified atom stereocenters. The zero-order valence-electron chi connectivity index (χ0n) is 15.7. The number of carbonyl (C=O) groups is 1. The molecule has 144 valence electrons. The highest BCUT2D eigenvalue weighted by Gasteiger charge is 2.27. The number of nitrogens with zero attached hydrogens (tertiary/aromatic N) is 3. The van der Waals surface area contributed by atoms with Crippen LogP contribution < -0.4 is 15.5 Å². The predicted molar refractivity (Wildman–Crippen MR) is 101 cm³/mol. The van der Waals surface area contributed by atoms with Crippen LogP contribution in [0.3, 0.4) is 0 Å². The van der Waals surface area contributed by atoms with Crippen LogP contribution in [0.5, 0.6) is 0 Å². The second-order valence-corrected chi connectivity index (χ2v) is 7.38. The fourth-order valence-corrected chi connectivity index (χ4v) is 3.90. The molecule has 1 amide bonds. The molecule has 7 heteroatoms. The molecule has 3 N–H and O–H groups in total. The van der Waals surface area contributed by atoms with Crippen LogP contribution in [0.1, 0.15) is 49.5 Å². The number of piperidine rings is 2. The summed E-state index contributed by atoms with van der Waals surface area (Å²) in [5.41, 5.74) is 1.14. The number of nitrogens with one attached hydrogen (secondary N) is 2. The maximum absolute atomic E-state index is 12.4. The molecule has 2 aliphatic rings. The summed E-state index contributed by atoms with van der Waals surface area (Å²) in [6.45, 7) is 6.33. The van der Waals surface area contributed by atoms with Crippen LogP contribution in [0.15, 0.2) is 6.07 Å². The monoisotopic (exact) mass is 361 g/mol. The van der Waals surface area contributed by atoms with Crippen molar-refractivity contribution in [1.29, 1.82) is 0 Å². The molecule has 1 aromatic heterocycles. The van der Waals surface area contributed by atoms with Crippen molar-refractivity contribution >= 4 is 11.7 Å². The molecule has 3 heterocycles. The summed E-state index contributed by atoms with van der Waals surface area (Å²) >= 11 is 0. The van der Waals surface area contributed by atoms with Crippen molar-refractivity contribution in [2.24, 2.45) is 5.92 Å². The van der Waals surface area contributed by atoms with E-state index >= 15 is 0 Å². The molecule has 0 spiro atoms. The zero-order valence-corrected chi connectivity index (χ0v) is 15.7. The van der Waals surface area contributed by atoms with E-state index in [1.807, 2.05) is 6.92 Å². The van der Waals surface area contributed by atoms with Gasteiger partial charge in [-0.15, -0.1) is 0 Å². The van der Waals surface area contributed by atoms with Crippen molar-refractivity contribution in [3.05, 3.63) is 17.6 Å². The fraction of sp³-hybridized carbons (Fsp3) is 0.737. The zero-order chi connectivity index (χ0) is 18.4. The van der Waals surface area contributed by atoms with Gasteiger partial charge in [-0.1, -0.05) is 0 Å². The Kier molecular flexibility index (Phi) is 6.80. The molecule has 0 aromatic carbocycles. The second-order valence-electron chi connectivity index (χ2n) is 7.38. The molecule has 2 aliphatic heterocycles. The third-order valence-electron chi connectivity index (χ3n) is 5.35. The van der Waals surface area contributed by atoms with Gasteiger partial charge in [0.1, 0.15) is 11.6 Å². The first-order valence-corrected chi connectivity index (χ1v) is 9.87. The number of rotatable bonds is 6. The second kappa shape index (κ2) is 9.28. The summed E-state index contributed by atoms with van der Waals surface area (Å²) < 4.78 is 0. The first kappa shape index (κ1) is 19.0. The molecule has 26 heavy (non-hydrogen) atoms. The van der Waals surface area contributed by atoms with Gasteiger partial charge in [0.2, 0.25) is 5.91 Å². The average molecular weight is 361 g/mol. The lowest BCUT2D eigenvalue weighted by atomic mass is 9.93. The Morgan fingerprint density at radius 2 is 2.15 bits per heavy atom. The summed E-state index contributed by atoms with van der Waals surface area (Å²) in [5.74, 6) is 2.34. The van der Waals surface area contributed by atoms with Crippen molar-refractivity contribution in [3.63, 3.8) is 0 Å². The van der Waals surface area contributed by atoms with E-state index in [2.05, 4.69) is 31.6 Å². The van der Waals surface area contributed by atoms with Crippen molar-refractivity contribution in [2.45, 2.75) is 44.9 Å². The number of hydrogen-bond acceptors (Lipinski definition) is 6. The molecule has 2 saturated heterocycles. The van der Waals surface area contributed by atoms with Crippen LogP contribution in [0.25, 0.3) is 0 Å². The normalized spacial score (nSPS) is 21.6. The lowest BCUT2D eigenvalue weighted by molar-refractivity contribution is -0.125. The van der Waals surface area contributed by atoms with Gasteiger partial charge in [0.25, 0.3) is 0 Å².